The molecule has 0 radical (unpaired) electrons. The second kappa shape index (κ2) is 6.33. The third-order valence-corrected chi connectivity index (χ3v) is 6.80. The molecule has 2 aliphatic rings. The SMILES string of the molecule is CC1CCCC(C)N1C(=O)C1=CC(c2cccs2)=NS(=O)(=O)N1C. The minimum atomic E-state index is -3.89. The summed E-state index contributed by atoms with van der Waals surface area (Å²) < 4.78 is 29.6. The summed E-state index contributed by atoms with van der Waals surface area (Å²) in [6, 6.07) is 3.83. The number of carbonyl (C=O) groups is 1. The van der Waals surface area contributed by atoms with Gasteiger partial charge >= 0.3 is 10.2 Å². The number of nitrogens with zero attached hydrogens (tertiary/aromatic N) is 3. The molecule has 6 nitrogen and oxygen atoms in total. The van der Waals surface area contributed by atoms with Gasteiger partial charge in [-0.2, -0.15) is 8.42 Å². The molecule has 1 amide bonds. The molecule has 8 heteroatoms. The second-order valence-corrected chi connectivity index (χ2v) is 8.84. The fourth-order valence-electron chi connectivity index (χ4n) is 3.25. The van der Waals surface area contributed by atoms with Gasteiger partial charge in [0.15, 0.2) is 0 Å². The Balaban J connectivity index is 2.01. The third-order valence-electron chi connectivity index (χ3n) is 4.59. The van der Waals surface area contributed by atoms with Crippen LogP contribution in [0.4, 0.5) is 0 Å². The molecule has 0 aliphatic carbocycles. The predicted octanol–water partition coefficient (Wildman–Crippen LogP) is 2.40. The number of likely N-dealkylation sites (N-methyl/N-ethyl adjacent to an activating group) is 1. The molecule has 1 aromatic rings. The van der Waals surface area contributed by atoms with Crippen molar-refractivity contribution in [3.05, 3.63) is 34.2 Å². The Bertz CT molecular complexity index is 787. The Kier molecular flexibility index (Phi) is 4.52. The standard InChI is InChI=1S/C16H21N3O3S2/c1-11-6-4-7-12(2)19(11)16(20)14-10-13(15-8-5-9-23-15)17-24(21,22)18(14)3/h5,8-12H,4,6-7H2,1-3H3. The van der Waals surface area contributed by atoms with Crippen molar-refractivity contribution in [2.75, 3.05) is 7.05 Å². The minimum Gasteiger partial charge on any atom is -0.332 e. The molecule has 130 valence electrons. The number of amides is 1. The highest BCUT2D eigenvalue weighted by Gasteiger charge is 2.36. The number of carbonyl (C=O) groups excluding carboxylic acids is 1. The van der Waals surface area contributed by atoms with E-state index in [0.717, 1.165) is 28.4 Å². The number of hydrogen-bond donors (Lipinski definition) is 0. The van der Waals surface area contributed by atoms with Crippen molar-refractivity contribution in [1.82, 2.24) is 9.21 Å². The first-order valence-corrected chi connectivity index (χ1v) is 10.3. The maximum atomic E-state index is 13.1. The van der Waals surface area contributed by atoms with Crippen LogP contribution in [0.5, 0.6) is 0 Å². The van der Waals surface area contributed by atoms with E-state index in [1.54, 1.807) is 17.0 Å². The number of hydrogen-bond acceptors (Lipinski definition) is 4. The van der Waals surface area contributed by atoms with Crippen molar-refractivity contribution >= 4 is 33.2 Å². The smallest absolute Gasteiger partial charge is 0.332 e. The summed E-state index contributed by atoms with van der Waals surface area (Å²) in [6.45, 7) is 4.03. The van der Waals surface area contributed by atoms with Gasteiger partial charge in [-0.3, -0.25) is 4.79 Å². The highest BCUT2D eigenvalue weighted by atomic mass is 32.2. The number of piperidine rings is 1. The second-order valence-electron chi connectivity index (χ2n) is 6.27. The molecule has 3 heterocycles. The van der Waals surface area contributed by atoms with Gasteiger partial charge in [0, 0.05) is 19.1 Å². The summed E-state index contributed by atoms with van der Waals surface area (Å²) in [4.78, 5) is 15.6. The van der Waals surface area contributed by atoms with Crippen LogP contribution in [-0.2, 0) is 15.0 Å². The minimum absolute atomic E-state index is 0.0994. The summed E-state index contributed by atoms with van der Waals surface area (Å²) in [5.41, 5.74) is 0.484. The molecular formula is C16H21N3O3S2. The number of allylic oxidation sites excluding steroid dienone is 1. The summed E-state index contributed by atoms with van der Waals surface area (Å²) >= 11 is 1.40. The van der Waals surface area contributed by atoms with Crippen molar-refractivity contribution < 1.29 is 13.2 Å². The summed E-state index contributed by atoms with van der Waals surface area (Å²) in [5, 5.41) is 1.85. The van der Waals surface area contributed by atoms with Gasteiger partial charge in [0.05, 0.1) is 10.6 Å². The zero-order valence-electron chi connectivity index (χ0n) is 14.0. The molecule has 0 spiro atoms. The molecule has 0 N–H and O–H groups in total. The van der Waals surface area contributed by atoms with Gasteiger partial charge < -0.3 is 4.90 Å². The van der Waals surface area contributed by atoms with E-state index in [9.17, 15) is 13.2 Å². The lowest BCUT2D eigenvalue weighted by atomic mass is 9.97. The van der Waals surface area contributed by atoms with Crippen LogP contribution in [0.15, 0.2) is 33.7 Å². The quantitative estimate of drug-likeness (QED) is 0.806. The van der Waals surface area contributed by atoms with E-state index in [-0.39, 0.29) is 23.7 Å². The third kappa shape index (κ3) is 3.00. The first-order valence-electron chi connectivity index (χ1n) is 7.98. The van der Waals surface area contributed by atoms with Crippen LogP contribution in [0.3, 0.4) is 0 Å². The van der Waals surface area contributed by atoms with Gasteiger partial charge in [-0.1, -0.05) is 6.07 Å². The topological polar surface area (TPSA) is 70.0 Å². The number of likely N-dealkylation sites (tertiary alicyclic amines) is 1. The molecular weight excluding hydrogens is 346 g/mol. The molecule has 0 aromatic carbocycles. The van der Waals surface area contributed by atoms with Gasteiger partial charge in [-0.05, 0) is 50.6 Å². The van der Waals surface area contributed by atoms with Crippen LogP contribution < -0.4 is 0 Å². The van der Waals surface area contributed by atoms with E-state index in [0.29, 0.717) is 5.71 Å². The summed E-state index contributed by atoms with van der Waals surface area (Å²) in [6.07, 6.45) is 4.54. The maximum absolute atomic E-state index is 13.1. The summed E-state index contributed by atoms with van der Waals surface area (Å²) in [7, 11) is -2.51. The molecule has 1 saturated heterocycles. The van der Waals surface area contributed by atoms with Crippen LogP contribution in [0.2, 0.25) is 0 Å². The number of thiophene rings is 1. The van der Waals surface area contributed by atoms with Crippen molar-refractivity contribution in [2.24, 2.45) is 4.40 Å². The molecule has 1 aromatic heterocycles. The van der Waals surface area contributed by atoms with E-state index in [1.165, 1.54) is 18.4 Å². The van der Waals surface area contributed by atoms with Crippen LogP contribution in [0.1, 0.15) is 38.0 Å². The van der Waals surface area contributed by atoms with E-state index in [2.05, 4.69) is 4.40 Å². The monoisotopic (exact) mass is 367 g/mol. The van der Waals surface area contributed by atoms with Crippen molar-refractivity contribution in [3.8, 4) is 0 Å². The molecule has 0 bridgehead atoms. The molecule has 1 fully saturated rings. The average molecular weight is 367 g/mol. The zero-order chi connectivity index (χ0) is 17.5. The average Bonchev–Trinajstić information content (AvgIpc) is 3.03. The molecule has 2 aliphatic heterocycles. The van der Waals surface area contributed by atoms with E-state index in [1.807, 2.05) is 25.3 Å². The Morgan fingerprint density at radius 1 is 1.29 bits per heavy atom. The molecule has 2 atom stereocenters. The Labute approximate surface area is 146 Å². The fourth-order valence-corrected chi connectivity index (χ4v) is 4.89. The highest BCUT2D eigenvalue weighted by Crippen LogP contribution is 2.28. The van der Waals surface area contributed by atoms with Crippen LogP contribution in [0.25, 0.3) is 0 Å². The molecule has 2 unspecified atom stereocenters. The Morgan fingerprint density at radius 3 is 2.54 bits per heavy atom. The number of rotatable bonds is 2. The van der Waals surface area contributed by atoms with E-state index < -0.39 is 10.2 Å². The Hall–Kier alpha value is -1.67. The normalized spacial score (nSPS) is 26.8. The van der Waals surface area contributed by atoms with Crippen LogP contribution in [-0.4, -0.2) is 48.4 Å². The molecule has 24 heavy (non-hydrogen) atoms. The predicted molar refractivity (Wildman–Crippen MR) is 95.2 cm³/mol. The Morgan fingerprint density at radius 2 is 1.96 bits per heavy atom. The lowest BCUT2D eigenvalue weighted by Crippen LogP contribution is -2.50. The van der Waals surface area contributed by atoms with Gasteiger partial charge in [0.1, 0.15) is 5.70 Å². The lowest BCUT2D eigenvalue weighted by molar-refractivity contribution is -0.134. The maximum Gasteiger partial charge on any atom is 0.345 e. The van der Waals surface area contributed by atoms with Crippen LogP contribution in [0, 0.1) is 0 Å². The zero-order valence-corrected chi connectivity index (χ0v) is 15.6. The van der Waals surface area contributed by atoms with E-state index in [4.69, 9.17) is 0 Å². The highest BCUT2D eigenvalue weighted by molar-refractivity contribution is 7.88. The van der Waals surface area contributed by atoms with Gasteiger partial charge in [0.2, 0.25) is 0 Å². The van der Waals surface area contributed by atoms with E-state index >= 15 is 0 Å². The van der Waals surface area contributed by atoms with Crippen LogP contribution >= 0.6 is 11.3 Å². The first kappa shape index (κ1) is 17.2. The van der Waals surface area contributed by atoms with Gasteiger partial charge in [0.25, 0.3) is 5.91 Å². The van der Waals surface area contributed by atoms with Crippen molar-refractivity contribution in [1.29, 1.82) is 0 Å². The lowest BCUT2D eigenvalue weighted by Gasteiger charge is -2.40. The molecule has 0 saturated carbocycles. The van der Waals surface area contributed by atoms with Crippen molar-refractivity contribution in [2.45, 2.75) is 45.2 Å². The largest absolute Gasteiger partial charge is 0.345 e. The van der Waals surface area contributed by atoms with Crippen molar-refractivity contribution in [3.63, 3.8) is 0 Å². The first-order chi connectivity index (χ1) is 11.3. The van der Waals surface area contributed by atoms with Gasteiger partial charge in [-0.15, -0.1) is 15.7 Å². The van der Waals surface area contributed by atoms with Gasteiger partial charge in [-0.25, -0.2) is 4.31 Å². The molecule has 3 rings (SSSR count). The summed E-state index contributed by atoms with van der Waals surface area (Å²) in [5.74, 6) is -0.246. The fraction of sp³-hybridized carbons (Fsp3) is 0.500.